The lowest BCUT2D eigenvalue weighted by Crippen LogP contribution is -2.30. The second-order valence-corrected chi connectivity index (χ2v) is 4.14. The van der Waals surface area contributed by atoms with Crippen LogP contribution >= 0.6 is 0 Å². The number of hydrogen-bond donors (Lipinski definition) is 1. The molecule has 96 valence electrons. The van der Waals surface area contributed by atoms with Crippen LogP contribution in [-0.2, 0) is 0 Å². The van der Waals surface area contributed by atoms with E-state index in [9.17, 15) is 0 Å². The van der Waals surface area contributed by atoms with Gasteiger partial charge in [0.05, 0.1) is 5.92 Å². The summed E-state index contributed by atoms with van der Waals surface area (Å²) in [4.78, 5) is 12.3. The van der Waals surface area contributed by atoms with E-state index >= 15 is 0 Å². The van der Waals surface area contributed by atoms with Crippen LogP contribution in [0.4, 0.5) is 0 Å². The number of nitrogens with zero attached hydrogens (tertiary/aromatic N) is 4. The van der Waals surface area contributed by atoms with Crippen molar-refractivity contribution in [3.05, 3.63) is 24.5 Å². The van der Waals surface area contributed by atoms with Gasteiger partial charge in [0.2, 0.25) is 11.7 Å². The molecule has 0 aromatic carbocycles. The molecule has 2 aromatic heterocycles. The third-order valence-electron chi connectivity index (χ3n) is 3.06. The molecular formula is C12H17N5O. The molecule has 2 heterocycles. The lowest BCUT2D eigenvalue weighted by Gasteiger charge is -2.18. The summed E-state index contributed by atoms with van der Waals surface area (Å²) in [5.41, 5.74) is 0.671. The number of hydrogen-bond acceptors (Lipinski definition) is 6. The summed E-state index contributed by atoms with van der Waals surface area (Å²) in [5.74, 6) is 1.30. The van der Waals surface area contributed by atoms with Crippen LogP contribution in [-0.4, -0.2) is 33.2 Å². The van der Waals surface area contributed by atoms with Gasteiger partial charge in [0.15, 0.2) is 0 Å². The summed E-state index contributed by atoms with van der Waals surface area (Å²) in [6, 6.07) is 2.08. The van der Waals surface area contributed by atoms with Crippen LogP contribution in [0.25, 0.3) is 11.5 Å². The predicted octanol–water partition coefficient (Wildman–Crippen LogP) is 1.63. The van der Waals surface area contributed by atoms with Gasteiger partial charge in [0.25, 0.3) is 0 Å². The molecule has 6 heteroatoms. The Morgan fingerprint density at radius 2 is 2.28 bits per heavy atom. The van der Waals surface area contributed by atoms with Crippen molar-refractivity contribution >= 4 is 0 Å². The highest BCUT2D eigenvalue weighted by atomic mass is 16.5. The average molecular weight is 247 g/mol. The van der Waals surface area contributed by atoms with Crippen LogP contribution in [0.1, 0.15) is 32.1 Å². The van der Waals surface area contributed by atoms with Gasteiger partial charge in [-0.2, -0.15) is 4.98 Å². The maximum absolute atomic E-state index is 5.30. The van der Waals surface area contributed by atoms with Crippen molar-refractivity contribution < 1.29 is 4.52 Å². The maximum atomic E-state index is 5.30. The van der Waals surface area contributed by atoms with E-state index in [1.807, 2.05) is 7.05 Å². The van der Waals surface area contributed by atoms with Gasteiger partial charge in [-0.3, -0.25) is 0 Å². The van der Waals surface area contributed by atoms with Crippen molar-refractivity contribution in [2.75, 3.05) is 7.05 Å². The Kier molecular flexibility index (Phi) is 3.99. The summed E-state index contributed by atoms with van der Waals surface area (Å²) in [6.07, 6.45) is 4.13. The van der Waals surface area contributed by atoms with E-state index in [2.05, 4.69) is 39.3 Å². The van der Waals surface area contributed by atoms with Crippen LogP contribution < -0.4 is 5.32 Å². The zero-order valence-corrected chi connectivity index (χ0v) is 10.8. The van der Waals surface area contributed by atoms with Crippen molar-refractivity contribution in [1.29, 1.82) is 0 Å². The Morgan fingerprint density at radius 3 is 2.89 bits per heavy atom. The molecule has 18 heavy (non-hydrogen) atoms. The first kappa shape index (κ1) is 12.6. The first-order chi connectivity index (χ1) is 8.76. The zero-order chi connectivity index (χ0) is 13.0. The number of likely N-dealkylation sites (N-methyl/N-ethyl adjacent to an activating group) is 1. The monoisotopic (exact) mass is 247 g/mol. The minimum Gasteiger partial charge on any atom is -0.339 e. The fraction of sp³-hybridized carbons (Fsp3) is 0.500. The average Bonchev–Trinajstić information content (AvgIpc) is 2.90. The van der Waals surface area contributed by atoms with E-state index < -0.39 is 0 Å². The van der Waals surface area contributed by atoms with Gasteiger partial charge in [-0.25, -0.2) is 9.97 Å². The molecule has 2 atom stereocenters. The lowest BCUT2D eigenvalue weighted by molar-refractivity contribution is 0.326. The summed E-state index contributed by atoms with van der Waals surface area (Å²) in [7, 11) is 1.94. The molecule has 0 aliphatic heterocycles. The van der Waals surface area contributed by atoms with Gasteiger partial charge in [-0.1, -0.05) is 19.0 Å². The number of nitrogens with one attached hydrogen (secondary N) is 1. The van der Waals surface area contributed by atoms with Crippen LogP contribution in [0.5, 0.6) is 0 Å². The number of rotatable bonds is 5. The second-order valence-electron chi connectivity index (χ2n) is 4.14. The summed E-state index contributed by atoms with van der Waals surface area (Å²) < 4.78 is 5.30. The van der Waals surface area contributed by atoms with Gasteiger partial charge >= 0.3 is 0 Å². The Labute approximate surface area is 106 Å². The first-order valence-corrected chi connectivity index (χ1v) is 6.03. The van der Waals surface area contributed by atoms with E-state index in [0.717, 1.165) is 6.42 Å². The van der Waals surface area contributed by atoms with E-state index in [0.29, 0.717) is 23.5 Å². The van der Waals surface area contributed by atoms with Crippen LogP contribution in [0.2, 0.25) is 0 Å². The van der Waals surface area contributed by atoms with Gasteiger partial charge in [-0.05, 0) is 19.5 Å². The molecule has 0 saturated heterocycles. The molecule has 2 rings (SSSR count). The van der Waals surface area contributed by atoms with Crippen LogP contribution in [0.15, 0.2) is 23.1 Å². The molecule has 2 unspecified atom stereocenters. The van der Waals surface area contributed by atoms with Gasteiger partial charge < -0.3 is 9.84 Å². The van der Waals surface area contributed by atoms with E-state index in [1.54, 1.807) is 12.3 Å². The lowest BCUT2D eigenvalue weighted by atomic mass is 10.00. The number of aromatic nitrogens is 4. The fourth-order valence-corrected chi connectivity index (χ4v) is 1.93. The van der Waals surface area contributed by atoms with Crippen LogP contribution in [0, 0.1) is 0 Å². The zero-order valence-electron chi connectivity index (χ0n) is 10.8. The quantitative estimate of drug-likeness (QED) is 0.865. The standard InChI is InChI=1S/C12H17N5O/c1-4-9(13-3)8(2)12-16-11(17-18-12)10-5-6-14-7-15-10/h5-9,13H,4H2,1-3H3. The molecule has 0 bridgehead atoms. The molecule has 0 amide bonds. The highest BCUT2D eigenvalue weighted by molar-refractivity contribution is 5.46. The second kappa shape index (κ2) is 5.68. The highest BCUT2D eigenvalue weighted by Crippen LogP contribution is 2.21. The molecule has 0 saturated carbocycles. The summed E-state index contributed by atoms with van der Waals surface area (Å²) in [5, 5.41) is 7.20. The Bertz CT molecular complexity index is 480. The molecule has 0 aliphatic carbocycles. The maximum Gasteiger partial charge on any atom is 0.231 e. The third kappa shape index (κ3) is 2.53. The molecular weight excluding hydrogens is 230 g/mol. The van der Waals surface area contributed by atoms with E-state index in [4.69, 9.17) is 4.52 Å². The molecule has 0 aliphatic rings. The van der Waals surface area contributed by atoms with Gasteiger partial charge in [0, 0.05) is 12.2 Å². The summed E-state index contributed by atoms with van der Waals surface area (Å²) in [6.45, 7) is 4.20. The first-order valence-electron chi connectivity index (χ1n) is 6.03. The minimum atomic E-state index is 0.170. The Hall–Kier alpha value is -1.82. The topological polar surface area (TPSA) is 76.7 Å². The van der Waals surface area contributed by atoms with Crippen molar-refractivity contribution in [3.63, 3.8) is 0 Å². The molecule has 0 fully saturated rings. The third-order valence-corrected chi connectivity index (χ3v) is 3.06. The minimum absolute atomic E-state index is 0.170. The Balaban J connectivity index is 2.20. The largest absolute Gasteiger partial charge is 0.339 e. The fourth-order valence-electron chi connectivity index (χ4n) is 1.93. The van der Waals surface area contributed by atoms with E-state index in [-0.39, 0.29) is 5.92 Å². The molecule has 2 aromatic rings. The van der Waals surface area contributed by atoms with Gasteiger partial charge in [0.1, 0.15) is 12.0 Å². The van der Waals surface area contributed by atoms with Crippen LogP contribution in [0.3, 0.4) is 0 Å². The Morgan fingerprint density at radius 1 is 1.44 bits per heavy atom. The van der Waals surface area contributed by atoms with E-state index in [1.165, 1.54) is 6.33 Å². The van der Waals surface area contributed by atoms with Crippen molar-refractivity contribution in [2.45, 2.75) is 32.2 Å². The molecule has 1 N–H and O–H groups in total. The van der Waals surface area contributed by atoms with Crippen molar-refractivity contribution in [2.24, 2.45) is 0 Å². The predicted molar refractivity (Wildman–Crippen MR) is 66.9 cm³/mol. The SMILES string of the molecule is CCC(NC)C(C)c1nc(-c2ccncn2)no1. The van der Waals surface area contributed by atoms with Crippen molar-refractivity contribution in [1.82, 2.24) is 25.4 Å². The van der Waals surface area contributed by atoms with Crippen molar-refractivity contribution in [3.8, 4) is 11.5 Å². The molecule has 0 radical (unpaired) electrons. The summed E-state index contributed by atoms with van der Waals surface area (Å²) >= 11 is 0. The molecule has 0 spiro atoms. The highest BCUT2D eigenvalue weighted by Gasteiger charge is 2.22. The smallest absolute Gasteiger partial charge is 0.231 e. The normalized spacial score (nSPS) is 14.4. The molecule has 6 nitrogen and oxygen atoms in total. The van der Waals surface area contributed by atoms with Gasteiger partial charge in [-0.15, -0.1) is 0 Å².